The predicted molar refractivity (Wildman–Crippen MR) is 113 cm³/mol. The molecule has 1 aromatic heterocycles. The molecule has 0 saturated carbocycles. The third-order valence-corrected chi connectivity index (χ3v) is 5.16. The van der Waals surface area contributed by atoms with Crippen LogP contribution in [-0.2, 0) is 17.7 Å². The van der Waals surface area contributed by atoms with Gasteiger partial charge in [-0.1, -0.05) is 25.1 Å². The third-order valence-electron chi connectivity index (χ3n) is 5.16. The first kappa shape index (κ1) is 20.5. The number of carbonyl (C=O) groups excluding carboxylic acids is 2. The zero-order chi connectivity index (χ0) is 21.1. The van der Waals surface area contributed by atoms with Gasteiger partial charge in [0.15, 0.2) is 0 Å². The molecule has 0 aliphatic heterocycles. The van der Waals surface area contributed by atoms with Crippen molar-refractivity contribution in [2.45, 2.75) is 26.8 Å². The maximum atomic E-state index is 13.0. The van der Waals surface area contributed by atoms with E-state index in [0.29, 0.717) is 35.5 Å². The van der Waals surface area contributed by atoms with Crippen LogP contribution in [0.3, 0.4) is 0 Å². The summed E-state index contributed by atoms with van der Waals surface area (Å²) in [5.74, 6) is 0.220. The fourth-order valence-corrected chi connectivity index (χ4v) is 3.55. The smallest absolute Gasteiger partial charge is 0.339 e. The van der Waals surface area contributed by atoms with E-state index in [1.165, 1.54) is 7.11 Å². The fourth-order valence-electron chi connectivity index (χ4n) is 3.55. The highest BCUT2D eigenvalue weighted by molar-refractivity contribution is 6.00. The second kappa shape index (κ2) is 8.39. The van der Waals surface area contributed by atoms with E-state index in [2.05, 4.69) is 11.1 Å². The van der Waals surface area contributed by atoms with Crippen molar-refractivity contribution in [3.63, 3.8) is 0 Å². The van der Waals surface area contributed by atoms with E-state index < -0.39 is 5.97 Å². The standard InChI is InChI=1S/C23H26N2O4/c1-6-19-20(23(27)29-5)14(2)21(24-19)22(26)25(3)13-15-7-8-17-12-18(28-4)10-9-16(17)11-15/h7-12,24H,6,13H2,1-5H3. The number of esters is 1. The van der Waals surface area contributed by atoms with E-state index in [-0.39, 0.29) is 5.91 Å². The SMILES string of the molecule is CCc1[nH]c(C(=O)N(C)Cc2ccc3cc(OC)ccc3c2)c(C)c1C(=O)OC. The number of aromatic amines is 1. The lowest BCUT2D eigenvalue weighted by molar-refractivity contribution is 0.0599. The highest BCUT2D eigenvalue weighted by Gasteiger charge is 2.25. The van der Waals surface area contributed by atoms with Gasteiger partial charge in [-0.3, -0.25) is 4.79 Å². The Kier molecular flexibility index (Phi) is 5.92. The average molecular weight is 394 g/mol. The van der Waals surface area contributed by atoms with Crippen molar-refractivity contribution in [3.05, 3.63) is 64.5 Å². The van der Waals surface area contributed by atoms with Crippen molar-refractivity contribution in [2.75, 3.05) is 21.3 Å². The summed E-state index contributed by atoms with van der Waals surface area (Å²) < 4.78 is 10.1. The molecule has 0 unspecified atom stereocenters. The minimum absolute atomic E-state index is 0.165. The molecule has 1 N–H and O–H groups in total. The molecule has 0 atom stereocenters. The first-order valence-electron chi connectivity index (χ1n) is 9.51. The summed E-state index contributed by atoms with van der Waals surface area (Å²) in [5.41, 5.74) is 3.23. The zero-order valence-electron chi connectivity index (χ0n) is 17.5. The number of amides is 1. The Labute approximate surface area is 170 Å². The molecule has 2 aromatic carbocycles. The molecule has 0 fully saturated rings. The van der Waals surface area contributed by atoms with Crippen LogP contribution in [0.5, 0.6) is 5.75 Å². The van der Waals surface area contributed by atoms with Crippen LogP contribution in [0, 0.1) is 6.92 Å². The number of carbonyl (C=O) groups is 2. The van der Waals surface area contributed by atoms with E-state index in [9.17, 15) is 9.59 Å². The summed E-state index contributed by atoms with van der Waals surface area (Å²) in [7, 11) is 4.75. The Hall–Kier alpha value is -3.28. The van der Waals surface area contributed by atoms with Gasteiger partial charge in [0.25, 0.3) is 5.91 Å². The number of benzene rings is 2. The lowest BCUT2D eigenvalue weighted by Gasteiger charge is -2.17. The molecule has 6 heteroatoms. The molecule has 6 nitrogen and oxygen atoms in total. The monoisotopic (exact) mass is 394 g/mol. The van der Waals surface area contributed by atoms with Crippen molar-refractivity contribution >= 4 is 22.6 Å². The largest absolute Gasteiger partial charge is 0.497 e. The molecule has 0 aliphatic carbocycles. The highest BCUT2D eigenvalue weighted by atomic mass is 16.5. The van der Waals surface area contributed by atoms with E-state index in [1.807, 2.05) is 37.3 Å². The van der Waals surface area contributed by atoms with Gasteiger partial charge in [0.2, 0.25) is 0 Å². The van der Waals surface area contributed by atoms with Crippen LogP contribution in [0.2, 0.25) is 0 Å². The molecule has 3 aromatic rings. The van der Waals surface area contributed by atoms with Crippen LogP contribution >= 0.6 is 0 Å². The summed E-state index contributed by atoms with van der Waals surface area (Å²) in [6.07, 6.45) is 0.608. The fraction of sp³-hybridized carbons (Fsp3) is 0.304. The minimum Gasteiger partial charge on any atom is -0.497 e. The first-order chi connectivity index (χ1) is 13.9. The van der Waals surface area contributed by atoms with Crippen molar-refractivity contribution in [1.82, 2.24) is 9.88 Å². The van der Waals surface area contributed by atoms with Crippen LogP contribution in [0.4, 0.5) is 0 Å². The lowest BCUT2D eigenvalue weighted by Crippen LogP contribution is -2.27. The predicted octanol–water partition coefficient (Wildman–Crippen LogP) is 4.11. The summed E-state index contributed by atoms with van der Waals surface area (Å²) in [5, 5.41) is 2.17. The van der Waals surface area contributed by atoms with Gasteiger partial charge in [-0.15, -0.1) is 0 Å². The topological polar surface area (TPSA) is 71.6 Å². The van der Waals surface area contributed by atoms with Crippen molar-refractivity contribution < 1.29 is 19.1 Å². The van der Waals surface area contributed by atoms with Gasteiger partial charge in [0.05, 0.1) is 19.8 Å². The molecule has 0 aliphatic rings. The molecule has 29 heavy (non-hydrogen) atoms. The Bertz CT molecular complexity index is 1070. The summed E-state index contributed by atoms with van der Waals surface area (Å²) in [6, 6.07) is 12.0. The molecule has 152 valence electrons. The number of aromatic nitrogens is 1. The van der Waals surface area contributed by atoms with Gasteiger partial charge >= 0.3 is 5.97 Å². The Morgan fingerprint density at radius 3 is 2.41 bits per heavy atom. The molecule has 0 saturated heterocycles. The van der Waals surface area contributed by atoms with E-state index >= 15 is 0 Å². The van der Waals surface area contributed by atoms with Crippen LogP contribution in [0.15, 0.2) is 36.4 Å². The summed E-state index contributed by atoms with van der Waals surface area (Å²) in [6.45, 7) is 4.15. The Balaban J connectivity index is 1.85. The number of ether oxygens (including phenoxy) is 2. The average Bonchev–Trinajstić information content (AvgIpc) is 3.08. The zero-order valence-corrected chi connectivity index (χ0v) is 17.5. The van der Waals surface area contributed by atoms with Crippen molar-refractivity contribution in [1.29, 1.82) is 0 Å². The maximum absolute atomic E-state index is 13.0. The van der Waals surface area contributed by atoms with Gasteiger partial charge in [-0.2, -0.15) is 0 Å². The summed E-state index contributed by atoms with van der Waals surface area (Å²) >= 11 is 0. The number of methoxy groups -OCH3 is 2. The quantitative estimate of drug-likeness (QED) is 0.639. The molecular formula is C23H26N2O4. The highest BCUT2D eigenvalue weighted by Crippen LogP contribution is 2.24. The number of hydrogen-bond donors (Lipinski definition) is 1. The maximum Gasteiger partial charge on any atom is 0.339 e. The lowest BCUT2D eigenvalue weighted by atomic mass is 10.1. The number of fused-ring (bicyclic) bond motifs is 1. The molecule has 0 radical (unpaired) electrons. The second-order valence-corrected chi connectivity index (χ2v) is 7.03. The van der Waals surface area contributed by atoms with E-state index in [4.69, 9.17) is 9.47 Å². The van der Waals surface area contributed by atoms with Crippen molar-refractivity contribution in [3.8, 4) is 5.75 Å². The number of hydrogen-bond acceptors (Lipinski definition) is 4. The van der Waals surface area contributed by atoms with Gasteiger partial charge < -0.3 is 19.4 Å². The first-order valence-corrected chi connectivity index (χ1v) is 9.51. The van der Waals surface area contributed by atoms with Crippen LogP contribution in [-0.4, -0.2) is 43.0 Å². The van der Waals surface area contributed by atoms with E-state index in [1.54, 1.807) is 26.0 Å². The van der Waals surface area contributed by atoms with Gasteiger partial charge in [-0.25, -0.2) is 4.79 Å². The number of H-pyrrole nitrogens is 1. The third kappa shape index (κ3) is 3.97. The van der Waals surface area contributed by atoms with Crippen LogP contribution in [0.25, 0.3) is 10.8 Å². The van der Waals surface area contributed by atoms with Crippen LogP contribution in [0.1, 0.15) is 44.6 Å². The van der Waals surface area contributed by atoms with Gasteiger partial charge in [-0.05, 0) is 53.4 Å². The second-order valence-electron chi connectivity index (χ2n) is 7.03. The molecule has 1 amide bonds. The minimum atomic E-state index is -0.428. The van der Waals surface area contributed by atoms with Crippen LogP contribution < -0.4 is 4.74 Å². The van der Waals surface area contributed by atoms with E-state index in [0.717, 1.165) is 22.1 Å². The number of nitrogens with zero attached hydrogens (tertiary/aromatic N) is 1. The normalized spacial score (nSPS) is 10.8. The van der Waals surface area contributed by atoms with Crippen molar-refractivity contribution in [2.24, 2.45) is 0 Å². The molecule has 0 spiro atoms. The number of rotatable bonds is 6. The molecule has 3 rings (SSSR count). The van der Waals surface area contributed by atoms with Gasteiger partial charge in [0.1, 0.15) is 11.4 Å². The Morgan fingerprint density at radius 1 is 1.07 bits per heavy atom. The molecular weight excluding hydrogens is 368 g/mol. The number of aryl methyl sites for hydroxylation is 1. The number of nitrogens with one attached hydrogen (secondary N) is 1. The van der Waals surface area contributed by atoms with Gasteiger partial charge in [0, 0.05) is 19.3 Å². The molecule has 1 heterocycles. The molecule has 0 bridgehead atoms. The Morgan fingerprint density at radius 2 is 1.76 bits per heavy atom. The summed E-state index contributed by atoms with van der Waals surface area (Å²) in [4.78, 5) is 29.9.